The van der Waals surface area contributed by atoms with E-state index in [2.05, 4.69) is 4.99 Å². The van der Waals surface area contributed by atoms with Gasteiger partial charge in [-0.15, -0.1) is 0 Å². The van der Waals surface area contributed by atoms with Gasteiger partial charge in [-0.1, -0.05) is 6.07 Å². The molecular weight excluding hydrogens is 423 g/mol. The Morgan fingerprint density at radius 1 is 1.00 bits per heavy atom. The number of carbonyl (C=O) groups excluding carboxylic acids is 1. The molecule has 0 radical (unpaired) electrons. The molecule has 0 N–H and O–H groups in total. The summed E-state index contributed by atoms with van der Waals surface area (Å²) in [7, 11) is -0.786. The lowest BCUT2D eigenvalue weighted by molar-refractivity contribution is -0.129. The summed E-state index contributed by atoms with van der Waals surface area (Å²) in [4.78, 5) is 16.5. The van der Waals surface area contributed by atoms with Crippen molar-refractivity contribution in [2.45, 2.75) is 4.90 Å². The summed E-state index contributed by atoms with van der Waals surface area (Å²) in [6, 6.07) is 15.2. The summed E-state index contributed by atoms with van der Waals surface area (Å²) in [5.74, 6) is -0.173. The highest BCUT2D eigenvalue weighted by atomic mass is 32.2. The molecule has 31 heavy (non-hydrogen) atoms. The van der Waals surface area contributed by atoms with Gasteiger partial charge in [-0.05, 0) is 54.6 Å². The quantitative estimate of drug-likeness (QED) is 0.446. The Morgan fingerprint density at radius 2 is 1.74 bits per heavy atom. The second kappa shape index (κ2) is 7.93. The van der Waals surface area contributed by atoms with Gasteiger partial charge >= 0.3 is 5.97 Å². The van der Waals surface area contributed by atoms with E-state index in [9.17, 15) is 17.6 Å². The molecule has 1 aliphatic rings. The minimum atomic E-state index is -3.65. The fourth-order valence-electron chi connectivity index (χ4n) is 2.87. The number of halogens is 1. The van der Waals surface area contributed by atoms with Crippen LogP contribution < -0.4 is 0 Å². The predicted octanol–water partition coefficient (Wildman–Crippen LogP) is 3.68. The number of benzene rings is 2. The summed E-state index contributed by atoms with van der Waals surface area (Å²) < 4.78 is 49.8. The van der Waals surface area contributed by atoms with Gasteiger partial charge in [0.2, 0.25) is 15.9 Å². The molecule has 3 aromatic rings. The molecule has 2 heterocycles. The van der Waals surface area contributed by atoms with E-state index < -0.39 is 16.0 Å². The maximum Gasteiger partial charge on any atom is 0.363 e. The van der Waals surface area contributed by atoms with Crippen LogP contribution in [0.1, 0.15) is 11.3 Å². The van der Waals surface area contributed by atoms with Crippen LogP contribution >= 0.6 is 0 Å². The first-order valence-electron chi connectivity index (χ1n) is 9.15. The van der Waals surface area contributed by atoms with Gasteiger partial charge in [-0.3, -0.25) is 0 Å². The van der Waals surface area contributed by atoms with Crippen LogP contribution in [0, 0.1) is 5.82 Å². The number of ether oxygens (including phenoxy) is 1. The Balaban J connectivity index is 1.62. The van der Waals surface area contributed by atoms with Crippen LogP contribution in [-0.2, 0) is 19.6 Å². The number of nitrogens with zero attached hydrogens (tertiary/aromatic N) is 2. The van der Waals surface area contributed by atoms with Gasteiger partial charge < -0.3 is 9.15 Å². The lowest BCUT2D eigenvalue weighted by Gasteiger charge is -2.11. The molecule has 9 heteroatoms. The highest BCUT2D eigenvalue weighted by Crippen LogP contribution is 2.26. The van der Waals surface area contributed by atoms with Gasteiger partial charge in [0.1, 0.15) is 17.3 Å². The van der Waals surface area contributed by atoms with Crippen molar-refractivity contribution in [1.82, 2.24) is 4.31 Å². The Labute approximate surface area is 178 Å². The number of carbonyl (C=O) groups is 1. The number of hydrogen-bond acceptors (Lipinski definition) is 6. The molecule has 0 amide bonds. The topological polar surface area (TPSA) is 89.2 Å². The minimum Gasteiger partial charge on any atom is -0.457 e. The second-order valence-corrected chi connectivity index (χ2v) is 9.01. The summed E-state index contributed by atoms with van der Waals surface area (Å²) in [5.41, 5.74) is 1.05. The van der Waals surface area contributed by atoms with E-state index in [4.69, 9.17) is 9.15 Å². The summed E-state index contributed by atoms with van der Waals surface area (Å²) in [6.07, 6.45) is 1.42. The lowest BCUT2D eigenvalue weighted by Crippen LogP contribution is -2.22. The zero-order chi connectivity index (χ0) is 22.2. The first kappa shape index (κ1) is 20.7. The van der Waals surface area contributed by atoms with Gasteiger partial charge in [-0.25, -0.2) is 26.9 Å². The third-order valence-corrected chi connectivity index (χ3v) is 6.33. The zero-order valence-corrected chi connectivity index (χ0v) is 17.4. The predicted molar refractivity (Wildman–Crippen MR) is 112 cm³/mol. The molecule has 0 saturated heterocycles. The molecule has 158 valence electrons. The van der Waals surface area contributed by atoms with Crippen molar-refractivity contribution in [3.05, 3.63) is 83.5 Å². The van der Waals surface area contributed by atoms with Crippen LogP contribution in [0.15, 0.2) is 80.7 Å². The number of rotatable bonds is 5. The van der Waals surface area contributed by atoms with Gasteiger partial charge in [0, 0.05) is 31.3 Å². The number of hydrogen-bond donors (Lipinski definition) is 0. The zero-order valence-electron chi connectivity index (χ0n) is 16.6. The van der Waals surface area contributed by atoms with Gasteiger partial charge in [-0.2, -0.15) is 0 Å². The molecule has 0 bridgehead atoms. The fourth-order valence-corrected chi connectivity index (χ4v) is 3.82. The lowest BCUT2D eigenvalue weighted by atomic mass is 10.2. The molecule has 0 saturated carbocycles. The van der Waals surface area contributed by atoms with Gasteiger partial charge in [0.05, 0.1) is 4.90 Å². The Kier molecular flexibility index (Phi) is 5.30. The summed E-state index contributed by atoms with van der Waals surface area (Å²) >= 11 is 0. The Hall–Kier alpha value is -3.56. The molecule has 7 nitrogen and oxygen atoms in total. The second-order valence-electron chi connectivity index (χ2n) is 6.86. The molecule has 1 aliphatic heterocycles. The summed E-state index contributed by atoms with van der Waals surface area (Å²) in [5, 5.41) is 0. The van der Waals surface area contributed by atoms with E-state index in [-0.39, 0.29) is 22.3 Å². The highest BCUT2D eigenvalue weighted by Gasteiger charge is 2.26. The largest absolute Gasteiger partial charge is 0.457 e. The van der Waals surface area contributed by atoms with Crippen molar-refractivity contribution in [2.75, 3.05) is 14.1 Å². The van der Waals surface area contributed by atoms with E-state index >= 15 is 0 Å². The number of cyclic esters (lactones) is 1. The number of sulfonamides is 1. The van der Waals surface area contributed by atoms with E-state index in [0.29, 0.717) is 22.6 Å². The highest BCUT2D eigenvalue weighted by molar-refractivity contribution is 7.89. The number of furan rings is 1. The maximum absolute atomic E-state index is 13.1. The first-order chi connectivity index (χ1) is 14.7. The number of esters is 1. The van der Waals surface area contributed by atoms with Crippen molar-refractivity contribution in [3.8, 4) is 11.3 Å². The van der Waals surface area contributed by atoms with Crippen LogP contribution in [0.25, 0.3) is 17.4 Å². The van der Waals surface area contributed by atoms with E-state index in [0.717, 1.165) is 4.31 Å². The molecule has 1 aromatic heterocycles. The monoisotopic (exact) mass is 440 g/mol. The minimum absolute atomic E-state index is 0.00243. The third kappa shape index (κ3) is 4.18. The molecule has 0 atom stereocenters. The van der Waals surface area contributed by atoms with Crippen molar-refractivity contribution in [2.24, 2.45) is 4.99 Å². The Bertz CT molecular complexity index is 1320. The molecule has 4 rings (SSSR count). The van der Waals surface area contributed by atoms with Crippen LogP contribution in [0.3, 0.4) is 0 Å². The molecule has 2 aromatic carbocycles. The van der Waals surface area contributed by atoms with Crippen LogP contribution in [0.5, 0.6) is 0 Å². The van der Waals surface area contributed by atoms with Crippen molar-refractivity contribution >= 4 is 28.0 Å². The summed E-state index contributed by atoms with van der Waals surface area (Å²) in [6.45, 7) is 0. The van der Waals surface area contributed by atoms with Crippen LogP contribution in [0.2, 0.25) is 0 Å². The smallest absolute Gasteiger partial charge is 0.363 e. The maximum atomic E-state index is 13.1. The fraction of sp³-hybridized carbons (Fsp3) is 0.0909. The Morgan fingerprint density at radius 3 is 2.45 bits per heavy atom. The number of aliphatic imine (C=N–C) groups is 1. The molecule has 0 fully saturated rings. The van der Waals surface area contributed by atoms with E-state index in [1.54, 1.807) is 36.4 Å². The molecular formula is C22H17FN2O5S. The van der Waals surface area contributed by atoms with Gasteiger partial charge in [0.15, 0.2) is 5.70 Å². The average Bonchev–Trinajstić information content (AvgIpc) is 3.36. The molecule has 0 unspecified atom stereocenters. The van der Waals surface area contributed by atoms with Crippen molar-refractivity contribution in [1.29, 1.82) is 0 Å². The molecule has 0 spiro atoms. The van der Waals surface area contributed by atoms with E-state index in [1.165, 1.54) is 44.4 Å². The third-order valence-electron chi connectivity index (χ3n) is 4.51. The van der Waals surface area contributed by atoms with Crippen LogP contribution in [-0.4, -0.2) is 38.7 Å². The normalized spacial score (nSPS) is 15.4. The standard InChI is InChI=1S/C22H17FN2O5S/c1-25(2)31(27,28)18-5-3-4-15(12-18)21-24-19(22(26)30-21)13-17-10-11-20(29-17)14-6-8-16(23)9-7-14/h3-13H,1-2H3. The SMILES string of the molecule is CN(C)S(=O)(=O)c1cccc(C2=NC(=Cc3ccc(-c4ccc(F)cc4)o3)C(=O)O2)c1. The van der Waals surface area contributed by atoms with E-state index in [1.807, 2.05) is 0 Å². The average molecular weight is 440 g/mol. The van der Waals surface area contributed by atoms with Crippen molar-refractivity contribution in [3.63, 3.8) is 0 Å². The van der Waals surface area contributed by atoms with Gasteiger partial charge in [0.25, 0.3) is 0 Å². The first-order valence-corrected chi connectivity index (χ1v) is 10.6. The van der Waals surface area contributed by atoms with Crippen molar-refractivity contribution < 1.29 is 26.8 Å². The molecule has 0 aliphatic carbocycles. The van der Waals surface area contributed by atoms with Crippen LogP contribution in [0.4, 0.5) is 4.39 Å².